The van der Waals surface area contributed by atoms with Gasteiger partial charge in [0.25, 0.3) is 11.8 Å². The Hall–Kier alpha value is -3.54. The van der Waals surface area contributed by atoms with Crippen LogP contribution in [0.1, 0.15) is 29.8 Å². The molecule has 29 heavy (non-hydrogen) atoms. The predicted molar refractivity (Wildman–Crippen MR) is 114 cm³/mol. The van der Waals surface area contributed by atoms with Crippen LogP contribution in [-0.2, 0) is 4.79 Å². The maximum absolute atomic E-state index is 13.0. The first-order valence-electron chi connectivity index (χ1n) is 9.39. The Bertz CT molecular complexity index is 1060. The molecule has 0 unspecified atom stereocenters. The van der Waals surface area contributed by atoms with E-state index in [1.165, 1.54) is 6.07 Å². The van der Waals surface area contributed by atoms with Gasteiger partial charge >= 0.3 is 0 Å². The lowest BCUT2D eigenvalue weighted by atomic mass is 10.0. The summed E-state index contributed by atoms with van der Waals surface area (Å²) in [6, 6.07) is 16.0. The molecule has 2 amide bonds. The molecule has 6 nitrogen and oxygen atoms in total. The van der Waals surface area contributed by atoms with Crippen molar-refractivity contribution in [1.82, 2.24) is 5.32 Å². The van der Waals surface area contributed by atoms with E-state index >= 15 is 0 Å². The number of anilines is 1. The van der Waals surface area contributed by atoms with Crippen molar-refractivity contribution >= 4 is 28.3 Å². The molecule has 0 atom stereocenters. The van der Waals surface area contributed by atoms with Crippen molar-refractivity contribution in [2.24, 2.45) is 0 Å². The van der Waals surface area contributed by atoms with Crippen LogP contribution in [0.5, 0.6) is 11.5 Å². The zero-order chi connectivity index (χ0) is 21.0. The molecule has 3 aromatic rings. The average molecular weight is 392 g/mol. The summed E-state index contributed by atoms with van der Waals surface area (Å²) in [5, 5.41) is 17.3. The Morgan fingerprint density at radius 2 is 1.72 bits per heavy atom. The molecule has 0 saturated heterocycles. The van der Waals surface area contributed by atoms with E-state index in [0.717, 1.165) is 16.3 Å². The van der Waals surface area contributed by atoms with Crippen LogP contribution in [-0.4, -0.2) is 29.6 Å². The number of ether oxygens (including phenoxy) is 1. The van der Waals surface area contributed by atoms with Gasteiger partial charge in [0.05, 0.1) is 11.3 Å². The SMILES string of the molecule is Cc1ccc(O)c(NC(=O)c2cc3ccccc3cc2OCC(=O)NC(C)C)c1. The van der Waals surface area contributed by atoms with Crippen molar-refractivity contribution in [1.29, 1.82) is 0 Å². The monoisotopic (exact) mass is 392 g/mol. The maximum Gasteiger partial charge on any atom is 0.259 e. The lowest BCUT2D eigenvalue weighted by molar-refractivity contribution is -0.123. The van der Waals surface area contributed by atoms with Crippen molar-refractivity contribution in [3.63, 3.8) is 0 Å². The summed E-state index contributed by atoms with van der Waals surface area (Å²) in [5.41, 5.74) is 1.49. The van der Waals surface area contributed by atoms with Crippen LogP contribution in [0, 0.1) is 6.92 Å². The van der Waals surface area contributed by atoms with E-state index in [1.807, 2.05) is 45.0 Å². The molecule has 6 heteroatoms. The topological polar surface area (TPSA) is 87.7 Å². The van der Waals surface area contributed by atoms with Crippen molar-refractivity contribution in [3.05, 3.63) is 65.7 Å². The second-order valence-electron chi connectivity index (χ2n) is 7.18. The molecule has 0 aliphatic rings. The number of carbonyl (C=O) groups is 2. The van der Waals surface area contributed by atoms with Crippen LogP contribution in [0.15, 0.2) is 54.6 Å². The van der Waals surface area contributed by atoms with Crippen molar-refractivity contribution in [3.8, 4) is 11.5 Å². The number of benzene rings is 3. The molecule has 0 aliphatic heterocycles. The molecule has 0 saturated carbocycles. The number of nitrogens with one attached hydrogen (secondary N) is 2. The number of carbonyl (C=O) groups excluding carboxylic acids is 2. The second-order valence-corrected chi connectivity index (χ2v) is 7.18. The van der Waals surface area contributed by atoms with E-state index in [0.29, 0.717) is 11.4 Å². The molecule has 3 N–H and O–H groups in total. The molecule has 3 aromatic carbocycles. The number of aryl methyl sites for hydroxylation is 1. The van der Waals surface area contributed by atoms with E-state index in [9.17, 15) is 14.7 Å². The second kappa shape index (κ2) is 8.65. The highest BCUT2D eigenvalue weighted by atomic mass is 16.5. The van der Waals surface area contributed by atoms with Gasteiger partial charge < -0.3 is 20.5 Å². The van der Waals surface area contributed by atoms with Gasteiger partial charge in [0.2, 0.25) is 0 Å². The van der Waals surface area contributed by atoms with Gasteiger partial charge in [-0.1, -0.05) is 30.3 Å². The zero-order valence-corrected chi connectivity index (χ0v) is 16.7. The fourth-order valence-electron chi connectivity index (χ4n) is 2.96. The maximum atomic E-state index is 13.0. The highest BCUT2D eigenvalue weighted by Gasteiger charge is 2.17. The van der Waals surface area contributed by atoms with Crippen LogP contribution in [0.4, 0.5) is 5.69 Å². The molecule has 3 rings (SSSR count). The quantitative estimate of drug-likeness (QED) is 0.553. The van der Waals surface area contributed by atoms with E-state index in [-0.39, 0.29) is 29.9 Å². The molecule has 0 radical (unpaired) electrons. The molecular formula is C23H24N2O4. The summed E-state index contributed by atoms with van der Waals surface area (Å²) in [7, 11) is 0. The van der Waals surface area contributed by atoms with Crippen LogP contribution in [0.3, 0.4) is 0 Å². The van der Waals surface area contributed by atoms with Gasteiger partial charge in [-0.3, -0.25) is 9.59 Å². The minimum Gasteiger partial charge on any atom is -0.506 e. The first-order valence-corrected chi connectivity index (χ1v) is 9.39. The number of aromatic hydroxyl groups is 1. The molecule has 0 spiro atoms. The zero-order valence-electron chi connectivity index (χ0n) is 16.7. The average Bonchev–Trinajstić information content (AvgIpc) is 2.68. The Morgan fingerprint density at radius 3 is 2.41 bits per heavy atom. The number of fused-ring (bicyclic) bond motifs is 1. The van der Waals surface area contributed by atoms with E-state index in [4.69, 9.17) is 4.74 Å². The fourth-order valence-corrected chi connectivity index (χ4v) is 2.96. The molecule has 0 heterocycles. The van der Waals surface area contributed by atoms with Gasteiger partial charge in [0.15, 0.2) is 6.61 Å². The van der Waals surface area contributed by atoms with Crippen LogP contribution in [0.2, 0.25) is 0 Å². The van der Waals surface area contributed by atoms with E-state index in [2.05, 4.69) is 10.6 Å². The molecule has 0 aliphatic carbocycles. The number of amides is 2. The third-order valence-electron chi connectivity index (χ3n) is 4.30. The molecule has 0 aromatic heterocycles. The summed E-state index contributed by atoms with van der Waals surface area (Å²) in [4.78, 5) is 24.9. The Balaban J connectivity index is 1.92. The van der Waals surface area contributed by atoms with Gasteiger partial charge in [-0.05, 0) is 61.4 Å². The molecule has 150 valence electrons. The normalized spacial score (nSPS) is 10.8. The van der Waals surface area contributed by atoms with E-state index < -0.39 is 5.91 Å². The summed E-state index contributed by atoms with van der Waals surface area (Å²) >= 11 is 0. The van der Waals surface area contributed by atoms with Gasteiger partial charge in [-0.15, -0.1) is 0 Å². The Kier molecular flexibility index (Phi) is 6.02. The third kappa shape index (κ3) is 5.04. The van der Waals surface area contributed by atoms with Gasteiger partial charge in [-0.2, -0.15) is 0 Å². The molecule has 0 fully saturated rings. The van der Waals surface area contributed by atoms with Gasteiger partial charge in [-0.25, -0.2) is 0 Å². The number of hydrogen-bond donors (Lipinski definition) is 3. The summed E-state index contributed by atoms with van der Waals surface area (Å²) in [6.07, 6.45) is 0. The first kappa shape index (κ1) is 20.2. The minimum absolute atomic E-state index is 0.00484. The molecule has 0 bridgehead atoms. The third-order valence-corrected chi connectivity index (χ3v) is 4.30. The minimum atomic E-state index is -0.434. The highest BCUT2D eigenvalue weighted by molar-refractivity contribution is 6.09. The number of hydrogen-bond acceptors (Lipinski definition) is 4. The standard InChI is InChI=1S/C23H24N2O4/c1-14(2)24-22(27)13-29-21-12-17-7-5-4-6-16(17)11-18(21)23(28)25-19-10-15(3)8-9-20(19)26/h4-12,14,26H,13H2,1-3H3,(H,24,27)(H,25,28). The Morgan fingerprint density at radius 1 is 1.03 bits per heavy atom. The van der Waals surface area contributed by atoms with Crippen LogP contribution >= 0.6 is 0 Å². The van der Waals surface area contributed by atoms with Crippen molar-refractivity contribution in [2.45, 2.75) is 26.8 Å². The summed E-state index contributed by atoms with van der Waals surface area (Å²) in [6.45, 7) is 5.39. The number of rotatable bonds is 6. The smallest absolute Gasteiger partial charge is 0.259 e. The lowest BCUT2D eigenvalue weighted by Gasteiger charge is -2.15. The fraction of sp³-hybridized carbons (Fsp3) is 0.217. The number of phenolic OH excluding ortho intramolecular Hbond substituents is 1. The summed E-state index contributed by atoms with van der Waals surface area (Å²) < 4.78 is 5.69. The van der Waals surface area contributed by atoms with Gasteiger partial charge in [0, 0.05) is 6.04 Å². The number of phenols is 1. The first-order chi connectivity index (χ1) is 13.8. The van der Waals surface area contributed by atoms with Gasteiger partial charge in [0.1, 0.15) is 11.5 Å². The van der Waals surface area contributed by atoms with Crippen molar-refractivity contribution in [2.75, 3.05) is 11.9 Å². The van der Waals surface area contributed by atoms with Crippen molar-refractivity contribution < 1.29 is 19.4 Å². The predicted octanol–water partition coefficient (Wildman–Crippen LogP) is 4.01. The van der Waals surface area contributed by atoms with E-state index in [1.54, 1.807) is 24.3 Å². The lowest BCUT2D eigenvalue weighted by Crippen LogP contribution is -2.34. The highest BCUT2D eigenvalue weighted by Crippen LogP contribution is 2.29. The largest absolute Gasteiger partial charge is 0.506 e. The Labute approximate surface area is 169 Å². The van der Waals surface area contributed by atoms with Crippen LogP contribution in [0.25, 0.3) is 10.8 Å². The molecular weight excluding hydrogens is 368 g/mol. The van der Waals surface area contributed by atoms with Crippen LogP contribution < -0.4 is 15.4 Å². The summed E-state index contributed by atoms with van der Waals surface area (Å²) in [5.74, 6) is -0.428.